The van der Waals surface area contributed by atoms with Gasteiger partial charge in [0.2, 0.25) is 0 Å². The Morgan fingerprint density at radius 2 is 0.389 bits per heavy atom. The second-order valence-electron chi connectivity index (χ2n) is 11.8. The highest BCUT2D eigenvalue weighted by Crippen LogP contribution is 2.14. The first-order valence-electron chi connectivity index (χ1n) is 17.4. The molecule has 0 aromatic carbocycles. The maximum atomic E-state index is 3.43. The van der Waals surface area contributed by atoms with Gasteiger partial charge in [-0.2, -0.15) is 0 Å². The van der Waals surface area contributed by atoms with Crippen LogP contribution in [0.25, 0.3) is 0 Å². The van der Waals surface area contributed by atoms with E-state index in [1.54, 1.807) is 0 Å². The van der Waals surface area contributed by atoms with Crippen molar-refractivity contribution in [1.82, 2.24) is 10.9 Å². The second-order valence-corrected chi connectivity index (χ2v) is 11.8. The van der Waals surface area contributed by atoms with E-state index in [-0.39, 0.29) is 0 Å². The van der Waals surface area contributed by atoms with Gasteiger partial charge in [-0.1, -0.05) is 194 Å². The van der Waals surface area contributed by atoms with Gasteiger partial charge < -0.3 is 0 Å². The van der Waals surface area contributed by atoms with Crippen LogP contribution in [0.3, 0.4) is 0 Å². The van der Waals surface area contributed by atoms with E-state index in [0.717, 1.165) is 13.1 Å². The minimum Gasteiger partial charge on any atom is -0.258 e. The summed E-state index contributed by atoms with van der Waals surface area (Å²) in [6.45, 7) is 6.88. The summed E-state index contributed by atoms with van der Waals surface area (Å²) in [5.74, 6) is 0. The molecule has 0 radical (unpaired) electrons. The highest BCUT2D eigenvalue weighted by Gasteiger charge is 1.96. The summed E-state index contributed by atoms with van der Waals surface area (Å²) in [5.41, 5.74) is 6.86. The van der Waals surface area contributed by atoms with Crippen LogP contribution in [0.4, 0.5) is 0 Å². The van der Waals surface area contributed by atoms with Crippen molar-refractivity contribution in [2.75, 3.05) is 13.1 Å². The number of hydrazine groups is 1. The Morgan fingerprint density at radius 3 is 0.583 bits per heavy atom. The molecule has 0 amide bonds. The molecule has 0 atom stereocenters. The Balaban J connectivity index is 3.00. The van der Waals surface area contributed by atoms with E-state index in [2.05, 4.69) is 24.7 Å². The third-order valence-electron chi connectivity index (χ3n) is 7.94. The molecule has 0 heterocycles. The maximum Gasteiger partial charge on any atom is 0.00997 e. The zero-order valence-corrected chi connectivity index (χ0v) is 25.6. The Bertz CT molecular complexity index is 323. The Morgan fingerprint density at radius 1 is 0.222 bits per heavy atom. The van der Waals surface area contributed by atoms with Crippen molar-refractivity contribution < 1.29 is 0 Å². The van der Waals surface area contributed by atoms with Gasteiger partial charge in [0.15, 0.2) is 0 Å². The number of hydrogen-bond acceptors (Lipinski definition) is 2. The zero-order chi connectivity index (χ0) is 26.0. The molecule has 0 fully saturated rings. The van der Waals surface area contributed by atoms with Gasteiger partial charge in [-0.05, 0) is 12.8 Å². The molecule has 0 saturated heterocycles. The third kappa shape index (κ3) is 33.9. The summed E-state index contributed by atoms with van der Waals surface area (Å²) in [4.78, 5) is 0. The van der Waals surface area contributed by atoms with Crippen LogP contribution in [0.15, 0.2) is 0 Å². The Hall–Kier alpha value is -0.0800. The summed E-state index contributed by atoms with van der Waals surface area (Å²) in [5, 5.41) is 0. The largest absolute Gasteiger partial charge is 0.258 e. The van der Waals surface area contributed by atoms with E-state index in [0.29, 0.717) is 0 Å². The smallest absolute Gasteiger partial charge is 0.00997 e. The van der Waals surface area contributed by atoms with E-state index < -0.39 is 0 Å². The molecule has 2 nitrogen and oxygen atoms in total. The number of rotatable bonds is 33. The van der Waals surface area contributed by atoms with Crippen LogP contribution in [0.2, 0.25) is 0 Å². The van der Waals surface area contributed by atoms with E-state index in [1.807, 2.05) is 0 Å². The van der Waals surface area contributed by atoms with Crippen LogP contribution in [-0.4, -0.2) is 13.1 Å². The molecular weight excluding hydrogens is 436 g/mol. The van der Waals surface area contributed by atoms with E-state index >= 15 is 0 Å². The summed E-state index contributed by atoms with van der Waals surface area (Å²) in [7, 11) is 0. The molecule has 2 N–H and O–H groups in total. The van der Waals surface area contributed by atoms with Crippen molar-refractivity contribution >= 4 is 0 Å². The minimum absolute atomic E-state index is 1.14. The van der Waals surface area contributed by atoms with Gasteiger partial charge in [-0.3, -0.25) is 10.9 Å². The first kappa shape index (κ1) is 35.9. The standard InChI is InChI=1S/C34H72N2/c1-3-5-7-9-11-13-15-17-19-21-23-25-27-29-31-33-35-36-34-32-30-28-26-24-22-20-18-16-14-12-10-8-6-4-2/h35-36H,3-34H2,1-2H3. The first-order chi connectivity index (χ1) is 17.9. The molecule has 0 aromatic heterocycles. The van der Waals surface area contributed by atoms with Crippen molar-refractivity contribution in [3.05, 3.63) is 0 Å². The van der Waals surface area contributed by atoms with Crippen molar-refractivity contribution in [2.24, 2.45) is 0 Å². The van der Waals surface area contributed by atoms with Crippen molar-refractivity contribution in [2.45, 2.75) is 206 Å². The van der Waals surface area contributed by atoms with Gasteiger partial charge in [0.25, 0.3) is 0 Å². The van der Waals surface area contributed by atoms with Gasteiger partial charge in [0.05, 0.1) is 0 Å². The molecule has 0 saturated carbocycles. The van der Waals surface area contributed by atoms with Crippen LogP contribution >= 0.6 is 0 Å². The molecular formula is C34H72N2. The highest BCUT2D eigenvalue weighted by molar-refractivity contribution is 4.52. The highest BCUT2D eigenvalue weighted by atomic mass is 15.3. The van der Waals surface area contributed by atoms with Gasteiger partial charge in [-0.15, -0.1) is 0 Å². The third-order valence-corrected chi connectivity index (χ3v) is 7.94. The molecule has 2 heteroatoms. The van der Waals surface area contributed by atoms with E-state index in [1.165, 1.54) is 193 Å². The fourth-order valence-corrected chi connectivity index (χ4v) is 5.35. The topological polar surface area (TPSA) is 24.1 Å². The Labute approximate surface area is 230 Å². The molecule has 0 aliphatic rings. The molecule has 36 heavy (non-hydrogen) atoms. The lowest BCUT2D eigenvalue weighted by Gasteiger charge is -2.07. The monoisotopic (exact) mass is 509 g/mol. The van der Waals surface area contributed by atoms with Crippen LogP contribution in [0.1, 0.15) is 206 Å². The fourth-order valence-electron chi connectivity index (χ4n) is 5.35. The van der Waals surface area contributed by atoms with Crippen LogP contribution in [-0.2, 0) is 0 Å². The minimum atomic E-state index is 1.14. The number of nitrogens with one attached hydrogen (secondary N) is 2. The molecule has 0 bridgehead atoms. The summed E-state index contributed by atoms with van der Waals surface area (Å²) < 4.78 is 0. The summed E-state index contributed by atoms with van der Waals surface area (Å²) >= 11 is 0. The lowest BCUT2D eigenvalue weighted by Crippen LogP contribution is -2.33. The average Bonchev–Trinajstić information content (AvgIpc) is 2.89. The summed E-state index contributed by atoms with van der Waals surface area (Å²) in [6.07, 6.45) is 43.3. The molecule has 0 unspecified atom stereocenters. The van der Waals surface area contributed by atoms with Gasteiger partial charge in [-0.25, -0.2) is 0 Å². The quantitative estimate of drug-likeness (QED) is 0.0680. The average molecular weight is 509 g/mol. The predicted octanol–water partition coefficient (Wildman–Crippen LogP) is 11.8. The first-order valence-corrected chi connectivity index (χ1v) is 17.4. The van der Waals surface area contributed by atoms with Gasteiger partial charge in [0, 0.05) is 13.1 Å². The van der Waals surface area contributed by atoms with Gasteiger partial charge in [0.1, 0.15) is 0 Å². The zero-order valence-electron chi connectivity index (χ0n) is 25.6. The maximum absolute atomic E-state index is 3.43. The van der Waals surface area contributed by atoms with Crippen LogP contribution in [0, 0.1) is 0 Å². The van der Waals surface area contributed by atoms with Crippen LogP contribution in [0.5, 0.6) is 0 Å². The number of unbranched alkanes of at least 4 members (excludes halogenated alkanes) is 28. The normalized spacial score (nSPS) is 11.5. The number of hydrogen-bond donors (Lipinski definition) is 2. The van der Waals surface area contributed by atoms with Crippen molar-refractivity contribution in [3.8, 4) is 0 Å². The second kappa shape index (κ2) is 34.9. The van der Waals surface area contributed by atoms with Crippen LogP contribution < -0.4 is 10.9 Å². The molecule has 218 valence electrons. The lowest BCUT2D eigenvalue weighted by atomic mass is 10.0. The fraction of sp³-hybridized carbons (Fsp3) is 1.00. The summed E-state index contributed by atoms with van der Waals surface area (Å²) in [6, 6.07) is 0. The molecule has 0 rings (SSSR count). The molecule has 0 aliphatic heterocycles. The SMILES string of the molecule is CCCCCCCCCCCCCCCCCNNCCCCCCCCCCCCCCCCC. The predicted molar refractivity (Wildman–Crippen MR) is 166 cm³/mol. The van der Waals surface area contributed by atoms with Crippen molar-refractivity contribution in [1.29, 1.82) is 0 Å². The Kier molecular flexibility index (Phi) is 34.8. The van der Waals surface area contributed by atoms with E-state index in [9.17, 15) is 0 Å². The molecule has 0 aromatic rings. The molecule has 0 spiro atoms. The molecule has 0 aliphatic carbocycles. The van der Waals surface area contributed by atoms with E-state index in [4.69, 9.17) is 0 Å². The van der Waals surface area contributed by atoms with Crippen molar-refractivity contribution in [3.63, 3.8) is 0 Å². The lowest BCUT2D eigenvalue weighted by molar-refractivity contribution is 0.476. The van der Waals surface area contributed by atoms with Gasteiger partial charge >= 0.3 is 0 Å².